The Balaban J connectivity index is 2.24. The largest absolute Gasteiger partial charge is 0.383 e. The van der Waals surface area contributed by atoms with E-state index in [0.29, 0.717) is 15.5 Å². The Morgan fingerprint density at radius 3 is 2.59 bits per heavy atom. The van der Waals surface area contributed by atoms with E-state index in [1.165, 1.54) is 23.5 Å². The third-order valence-electron chi connectivity index (χ3n) is 3.16. The molecule has 0 fully saturated rings. The number of aryl methyl sites for hydroxylation is 1. The molecule has 0 amide bonds. The molecule has 4 nitrogen and oxygen atoms in total. The average molecular weight is 380 g/mol. The van der Waals surface area contributed by atoms with E-state index in [-0.39, 0.29) is 16.5 Å². The predicted molar refractivity (Wildman–Crippen MR) is 90.3 cm³/mol. The molecule has 22 heavy (non-hydrogen) atoms. The molecule has 0 aliphatic carbocycles. The van der Waals surface area contributed by atoms with Crippen molar-refractivity contribution in [3.63, 3.8) is 0 Å². The monoisotopic (exact) mass is 379 g/mol. The van der Waals surface area contributed by atoms with Gasteiger partial charge in [-0.1, -0.05) is 29.3 Å². The van der Waals surface area contributed by atoms with Crippen molar-refractivity contribution in [1.29, 1.82) is 0 Å². The standard InChI is InChI=1S/C14H15Cl2NO3S2/c1-9-6-12(11(16)7-10(9)15)22(19,20)17-8-14(2,18)13-4-3-5-21-13/h3-7,17-18H,8H2,1-2H3/t14-/m1/s1. The van der Waals surface area contributed by atoms with Crippen LogP contribution in [0.2, 0.25) is 10.0 Å². The van der Waals surface area contributed by atoms with Gasteiger partial charge in [-0.3, -0.25) is 0 Å². The number of rotatable bonds is 5. The van der Waals surface area contributed by atoms with Crippen LogP contribution in [0.4, 0.5) is 0 Å². The molecule has 0 aliphatic heterocycles. The molecule has 2 N–H and O–H groups in total. The highest BCUT2D eigenvalue weighted by Gasteiger charge is 2.28. The molecule has 1 aromatic carbocycles. The Hall–Kier alpha value is -0.630. The number of nitrogens with one attached hydrogen (secondary N) is 1. The minimum atomic E-state index is -3.85. The molecule has 2 aromatic rings. The van der Waals surface area contributed by atoms with Gasteiger partial charge in [-0.2, -0.15) is 0 Å². The van der Waals surface area contributed by atoms with Crippen molar-refractivity contribution in [2.75, 3.05) is 6.54 Å². The molecule has 0 aliphatic rings. The van der Waals surface area contributed by atoms with E-state index in [9.17, 15) is 13.5 Å². The minimum Gasteiger partial charge on any atom is -0.383 e. The molecule has 120 valence electrons. The van der Waals surface area contributed by atoms with Gasteiger partial charge in [0.05, 0.1) is 5.02 Å². The van der Waals surface area contributed by atoms with Gasteiger partial charge in [0, 0.05) is 16.4 Å². The van der Waals surface area contributed by atoms with Gasteiger partial charge in [-0.05, 0) is 43.0 Å². The van der Waals surface area contributed by atoms with E-state index in [4.69, 9.17) is 23.2 Å². The molecular weight excluding hydrogens is 365 g/mol. The van der Waals surface area contributed by atoms with Gasteiger partial charge in [0.1, 0.15) is 10.5 Å². The van der Waals surface area contributed by atoms with Crippen LogP contribution in [-0.4, -0.2) is 20.1 Å². The minimum absolute atomic E-state index is 0.0406. The van der Waals surface area contributed by atoms with Crippen LogP contribution < -0.4 is 4.72 Å². The molecule has 0 radical (unpaired) electrons. The number of thiophene rings is 1. The molecule has 0 unspecified atom stereocenters. The highest BCUT2D eigenvalue weighted by molar-refractivity contribution is 7.89. The predicted octanol–water partition coefficient (Wildman–Crippen LogP) is 3.55. The van der Waals surface area contributed by atoms with E-state index in [1.54, 1.807) is 26.0 Å². The lowest BCUT2D eigenvalue weighted by atomic mass is 10.1. The fourth-order valence-corrected chi connectivity index (χ4v) is 4.57. The van der Waals surface area contributed by atoms with E-state index >= 15 is 0 Å². The zero-order chi connectivity index (χ0) is 16.5. The summed E-state index contributed by atoms with van der Waals surface area (Å²) in [6.45, 7) is 3.09. The average Bonchev–Trinajstić information content (AvgIpc) is 2.95. The lowest BCUT2D eigenvalue weighted by Crippen LogP contribution is -2.38. The van der Waals surface area contributed by atoms with Crippen LogP contribution in [-0.2, 0) is 15.6 Å². The van der Waals surface area contributed by atoms with Crippen molar-refractivity contribution in [2.45, 2.75) is 24.3 Å². The third kappa shape index (κ3) is 3.82. The van der Waals surface area contributed by atoms with Gasteiger partial charge < -0.3 is 5.11 Å². The van der Waals surface area contributed by atoms with Crippen molar-refractivity contribution in [2.24, 2.45) is 0 Å². The second-order valence-corrected chi connectivity index (χ2v) is 8.60. The number of hydrogen-bond donors (Lipinski definition) is 2. The first-order valence-corrected chi connectivity index (χ1v) is 9.47. The van der Waals surface area contributed by atoms with Crippen LogP contribution in [0.5, 0.6) is 0 Å². The maximum absolute atomic E-state index is 12.4. The lowest BCUT2D eigenvalue weighted by Gasteiger charge is -2.22. The summed E-state index contributed by atoms with van der Waals surface area (Å²) in [4.78, 5) is 0.617. The van der Waals surface area contributed by atoms with Gasteiger partial charge in [-0.25, -0.2) is 13.1 Å². The van der Waals surface area contributed by atoms with Gasteiger partial charge >= 0.3 is 0 Å². The van der Waals surface area contributed by atoms with Crippen molar-refractivity contribution >= 4 is 44.6 Å². The SMILES string of the molecule is Cc1cc(S(=O)(=O)NC[C@@](C)(O)c2cccs2)c(Cl)cc1Cl. The van der Waals surface area contributed by atoms with Gasteiger partial charge in [0.2, 0.25) is 10.0 Å². The van der Waals surface area contributed by atoms with E-state index < -0.39 is 15.6 Å². The second kappa shape index (κ2) is 6.47. The van der Waals surface area contributed by atoms with E-state index in [0.717, 1.165) is 0 Å². The summed E-state index contributed by atoms with van der Waals surface area (Å²) in [7, 11) is -3.85. The molecule has 0 saturated heterocycles. The van der Waals surface area contributed by atoms with E-state index in [1.807, 2.05) is 5.38 Å². The molecule has 1 aromatic heterocycles. The first kappa shape index (κ1) is 17.7. The summed E-state index contributed by atoms with van der Waals surface area (Å²) >= 11 is 13.2. The zero-order valence-corrected chi connectivity index (χ0v) is 15.1. The molecule has 8 heteroatoms. The topological polar surface area (TPSA) is 66.4 Å². The molecule has 0 spiro atoms. The highest BCUT2D eigenvalue weighted by Crippen LogP contribution is 2.29. The smallest absolute Gasteiger partial charge is 0.242 e. The Kier molecular flexibility index (Phi) is 5.21. The third-order valence-corrected chi connectivity index (χ3v) is 6.56. The zero-order valence-electron chi connectivity index (χ0n) is 11.9. The normalized spacial score (nSPS) is 14.8. The van der Waals surface area contributed by atoms with E-state index in [2.05, 4.69) is 4.72 Å². The molecule has 1 heterocycles. The van der Waals surface area contributed by atoms with Crippen LogP contribution in [0.3, 0.4) is 0 Å². The summed E-state index contributed by atoms with van der Waals surface area (Å²) in [5.74, 6) is 0. The fourth-order valence-electron chi connectivity index (χ4n) is 1.82. The summed E-state index contributed by atoms with van der Waals surface area (Å²) in [5, 5.41) is 12.6. The summed E-state index contributed by atoms with van der Waals surface area (Å²) < 4.78 is 27.2. The number of benzene rings is 1. The molecular formula is C14H15Cl2NO3S2. The van der Waals surface area contributed by atoms with Crippen molar-refractivity contribution < 1.29 is 13.5 Å². The Morgan fingerprint density at radius 1 is 1.32 bits per heavy atom. The number of hydrogen-bond acceptors (Lipinski definition) is 4. The van der Waals surface area contributed by atoms with Gasteiger partial charge in [0.15, 0.2) is 0 Å². The van der Waals surface area contributed by atoms with Gasteiger partial charge in [-0.15, -0.1) is 11.3 Å². The quantitative estimate of drug-likeness (QED) is 0.834. The van der Waals surface area contributed by atoms with Crippen LogP contribution in [0, 0.1) is 6.92 Å². The van der Waals surface area contributed by atoms with Crippen molar-refractivity contribution in [3.8, 4) is 0 Å². The van der Waals surface area contributed by atoms with Crippen LogP contribution in [0.25, 0.3) is 0 Å². The number of aliphatic hydroxyl groups is 1. The first-order chi connectivity index (χ1) is 10.1. The Labute approximate surface area is 143 Å². The first-order valence-electron chi connectivity index (χ1n) is 6.35. The summed E-state index contributed by atoms with van der Waals surface area (Å²) in [5.41, 5.74) is -0.689. The van der Waals surface area contributed by atoms with Crippen LogP contribution >= 0.6 is 34.5 Å². The Bertz CT molecular complexity index is 772. The van der Waals surface area contributed by atoms with Crippen molar-refractivity contribution in [1.82, 2.24) is 4.72 Å². The fraction of sp³-hybridized carbons (Fsp3) is 0.286. The van der Waals surface area contributed by atoms with Crippen LogP contribution in [0.15, 0.2) is 34.5 Å². The molecule has 0 saturated carbocycles. The molecule has 1 atom stereocenters. The van der Waals surface area contributed by atoms with Crippen molar-refractivity contribution in [3.05, 3.63) is 50.1 Å². The second-order valence-electron chi connectivity index (χ2n) is 5.11. The molecule has 0 bridgehead atoms. The summed E-state index contributed by atoms with van der Waals surface area (Å²) in [6.07, 6.45) is 0. The lowest BCUT2D eigenvalue weighted by molar-refractivity contribution is 0.0666. The van der Waals surface area contributed by atoms with Gasteiger partial charge in [0.25, 0.3) is 0 Å². The van der Waals surface area contributed by atoms with Crippen LogP contribution in [0.1, 0.15) is 17.4 Å². The number of sulfonamides is 1. The highest BCUT2D eigenvalue weighted by atomic mass is 35.5. The maximum Gasteiger partial charge on any atom is 0.242 e. The Morgan fingerprint density at radius 2 is 2.00 bits per heavy atom. The molecule has 2 rings (SSSR count). The number of halogens is 2. The maximum atomic E-state index is 12.4. The summed E-state index contributed by atoms with van der Waals surface area (Å²) in [6, 6.07) is 6.35.